The van der Waals surface area contributed by atoms with Crippen LogP contribution in [0.1, 0.15) is 31.7 Å². The molecule has 2 rings (SSSR count). The van der Waals surface area contributed by atoms with Gasteiger partial charge in [0.2, 0.25) is 0 Å². The Kier molecular flexibility index (Phi) is 6.52. The number of rotatable bonds is 9. The van der Waals surface area contributed by atoms with Crippen molar-refractivity contribution in [2.45, 2.75) is 38.6 Å². The summed E-state index contributed by atoms with van der Waals surface area (Å²) in [5, 5.41) is 0. The van der Waals surface area contributed by atoms with Crippen LogP contribution in [0.25, 0.3) is 0 Å². The summed E-state index contributed by atoms with van der Waals surface area (Å²) in [4.78, 5) is 2.24. The van der Waals surface area contributed by atoms with Gasteiger partial charge >= 0.3 is 0 Å². The summed E-state index contributed by atoms with van der Waals surface area (Å²) < 4.78 is 6.84. The molecule has 0 bridgehead atoms. The molecule has 0 aromatic heterocycles. The Morgan fingerprint density at radius 3 is 2.81 bits per heavy atom. The van der Waals surface area contributed by atoms with Gasteiger partial charge in [-0.05, 0) is 65.2 Å². The van der Waals surface area contributed by atoms with Crippen molar-refractivity contribution in [3.8, 4) is 0 Å². The van der Waals surface area contributed by atoms with E-state index in [1.54, 1.807) is 0 Å². The topological polar surface area (TPSA) is 38.5 Å². The van der Waals surface area contributed by atoms with E-state index in [0.29, 0.717) is 0 Å². The van der Waals surface area contributed by atoms with Gasteiger partial charge in [0.05, 0.1) is 12.3 Å². The van der Waals surface area contributed by atoms with E-state index in [1.165, 1.54) is 24.1 Å². The molecule has 0 radical (unpaired) electrons. The first kappa shape index (κ1) is 16.8. The van der Waals surface area contributed by atoms with Crippen molar-refractivity contribution in [3.63, 3.8) is 0 Å². The van der Waals surface area contributed by atoms with Crippen molar-refractivity contribution in [2.24, 2.45) is 11.7 Å². The van der Waals surface area contributed by atoms with Gasteiger partial charge in [-0.3, -0.25) is 0 Å². The molecular formula is C17H27BrN2O. The minimum atomic E-state index is 0.247. The highest BCUT2D eigenvalue weighted by molar-refractivity contribution is 9.10. The summed E-state index contributed by atoms with van der Waals surface area (Å²) in [6.45, 7) is 4.77. The van der Waals surface area contributed by atoms with E-state index in [-0.39, 0.29) is 6.04 Å². The highest BCUT2D eigenvalue weighted by Gasteiger charge is 2.21. The largest absolute Gasteiger partial charge is 0.379 e. The van der Waals surface area contributed by atoms with Crippen molar-refractivity contribution < 1.29 is 4.74 Å². The molecule has 118 valence electrons. The molecule has 0 aliphatic heterocycles. The number of hydrogen-bond acceptors (Lipinski definition) is 3. The third-order valence-electron chi connectivity index (χ3n) is 4.07. The second kappa shape index (κ2) is 8.16. The number of nitrogens with two attached hydrogens (primary N) is 1. The lowest BCUT2D eigenvalue weighted by molar-refractivity contribution is 0.131. The number of hydrogen-bond donors (Lipinski definition) is 1. The average molecular weight is 355 g/mol. The van der Waals surface area contributed by atoms with Gasteiger partial charge in [-0.1, -0.05) is 13.0 Å². The molecule has 21 heavy (non-hydrogen) atoms. The van der Waals surface area contributed by atoms with Crippen LogP contribution in [-0.4, -0.2) is 32.8 Å². The van der Waals surface area contributed by atoms with Gasteiger partial charge in [0.25, 0.3) is 0 Å². The van der Waals surface area contributed by atoms with Crippen LogP contribution in [0.4, 0.5) is 5.69 Å². The minimum Gasteiger partial charge on any atom is -0.379 e. The SMILES string of the molecule is CCC(N)Cc1ccc(N(C)CCOCC2CC2)c(Br)c1. The number of halogens is 1. The second-order valence-corrected chi connectivity index (χ2v) is 6.95. The lowest BCUT2D eigenvalue weighted by atomic mass is 10.0. The Hall–Kier alpha value is -0.580. The third kappa shape index (κ3) is 5.61. The second-order valence-electron chi connectivity index (χ2n) is 6.10. The normalized spacial score (nSPS) is 16.0. The molecule has 0 amide bonds. The predicted molar refractivity (Wildman–Crippen MR) is 92.9 cm³/mol. The minimum absolute atomic E-state index is 0.247. The maximum atomic E-state index is 6.02. The molecule has 3 nitrogen and oxygen atoms in total. The van der Waals surface area contributed by atoms with Gasteiger partial charge in [-0.25, -0.2) is 0 Å². The lowest BCUT2D eigenvalue weighted by Crippen LogP contribution is -2.24. The first-order valence-corrected chi connectivity index (χ1v) is 8.72. The van der Waals surface area contributed by atoms with Crippen LogP contribution in [0.2, 0.25) is 0 Å². The summed E-state index contributed by atoms with van der Waals surface area (Å²) in [6.07, 6.45) is 4.65. The monoisotopic (exact) mass is 354 g/mol. The van der Waals surface area contributed by atoms with Gasteiger partial charge in [0.15, 0.2) is 0 Å². The fourth-order valence-electron chi connectivity index (χ4n) is 2.29. The average Bonchev–Trinajstić information content (AvgIpc) is 3.27. The molecule has 1 atom stereocenters. The number of benzene rings is 1. The molecule has 1 aromatic carbocycles. The van der Waals surface area contributed by atoms with Crippen LogP contribution in [0.3, 0.4) is 0 Å². The molecule has 1 aliphatic carbocycles. The fraction of sp³-hybridized carbons (Fsp3) is 0.647. The smallest absolute Gasteiger partial charge is 0.0641 e. The Bertz CT molecular complexity index is 448. The summed E-state index contributed by atoms with van der Waals surface area (Å²) >= 11 is 3.68. The zero-order valence-electron chi connectivity index (χ0n) is 13.1. The van der Waals surface area contributed by atoms with Gasteiger partial charge in [-0.15, -0.1) is 0 Å². The predicted octanol–water partition coefficient (Wildman–Crippen LogP) is 3.59. The van der Waals surface area contributed by atoms with E-state index >= 15 is 0 Å². The summed E-state index contributed by atoms with van der Waals surface area (Å²) in [5.41, 5.74) is 8.52. The Labute approximate surface area is 137 Å². The molecule has 1 aromatic rings. The van der Waals surface area contributed by atoms with Crippen molar-refractivity contribution >= 4 is 21.6 Å². The maximum absolute atomic E-state index is 6.02. The number of nitrogens with zero attached hydrogens (tertiary/aromatic N) is 1. The number of anilines is 1. The molecule has 1 unspecified atom stereocenters. The molecule has 0 heterocycles. The zero-order chi connectivity index (χ0) is 15.2. The van der Waals surface area contributed by atoms with Crippen LogP contribution in [0.15, 0.2) is 22.7 Å². The van der Waals surface area contributed by atoms with Gasteiger partial charge in [-0.2, -0.15) is 0 Å². The molecule has 1 aliphatic rings. The summed E-state index contributed by atoms with van der Waals surface area (Å²) in [5.74, 6) is 0.837. The van der Waals surface area contributed by atoms with E-state index in [9.17, 15) is 0 Å². The molecule has 1 fully saturated rings. The molecule has 1 saturated carbocycles. The van der Waals surface area contributed by atoms with Gasteiger partial charge in [0, 0.05) is 30.7 Å². The van der Waals surface area contributed by atoms with Crippen molar-refractivity contribution in [2.75, 3.05) is 31.7 Å². The van der Waals surface area contributed by atoms with E-state index < -0.39 is 0 Å². The summed E-state index contributed by atoms with van der Waals surface area (Å²) in [7, 11) is 2.11. The van der Waals surface area contributed by atoms with Crippen LogP contribution < -0.4 is 10.6 Å². The van der Waals surface area contributed by atoms with Crippen molar-refractivity contribution in [3.05, 3.63) is 28.2 Å². The molecular weight excluding hydrogens is 328 g/mol. The zero-order valence-corrected chi connectivity index (χ0v) is 14.7. The van der Waals surface area contributed by atoms with E-state index in [2.05, 4.69) is 53.0 Å². The van der Waals surface area contributed by atoms with Crippen LogP contribution in [0.5, 0.6) is 0 Å². The number of likely N-dealkylation sites (N-methyl/N-ethyl adjacent to an activating group) is 1. The highest BCUT2D eigenvalue weighted by Crippen LogP contribution is 2.29. The lowest BCUT2D eigenvalue weighted by Gasteiger charge is -2.21. The van der Waals surface area contributed by atoms with Crippen LogP contribution in [-0.2, 0) is 11.2 Å². The van der Waals surface area contributed by atoms with Crippen LogP contribution in [0, 0.1) is 5.92 Å². The molecule has 0 saturated heterocycles. The highest BCUT2D eigenvalue weighted by atomic mass is 79.9. The molecule has 0 spiro atoms. The quantitative estimate of drug-likeness (QED) is 0.688. The van der Waals surface area contributed by atoms with Gasteiger partial charge in [0.1, 0.15) is 0 Å². The van der Waals surface area contributed by atoms with E-state index in [0.717, 1.165) is 43.0 Å². The first-order valence-electron chi connectivity index (χ1n) is 7.93. The Morgan fingerprint density at radius 2 is 2.19 bits per heavy atom. The van der Waals surface area contributed by atoms with Crippen molar-refractivity contribution in [1.82, 2.24) is 0 Å². The van der Waals surface area contributed by atoms with Crippen LogP contribution >= 0.6 is 15.9 Å². The first-order chi connectivity index (χ1) is 10.1. The molecule has 2 N–H and O–H groups in total. The van der Waals surface area contributed by atoms with E-state index in [4.69, 9.17) is 10.5 Å². The Balaban J connectivity index is 1.83. The standard InChI is InChI=1S/C17H27BrN2O/c1-3-15(19)10-14-6-7-17(16(18)11-14)20(2)8-9-21-12-13-4-5-13/h6-7,11,13,15H,3-5,8-10,12,19H2,1-2H3. The summed E-state index contributed by atoms with van der Waals surface area (Å²) in [6, 6.07) is 6.78. The fourth-order valence-corrected chi connectivity index (χ4v) is 3.02. The number of ether oxygens (including phenoxy) is 1. The van der Waals surface area contributed by atoms with Gasteiger partial charge < -0.3 is 15.4 Å². The maximum Gasteiger partial charge on any atom is 0.0641 e. The van der Waals surface area contributed by atoms with E-state index in [1.807, 2.05) is 0 Å². The Morgan fingerprint density at radius 1 is 1.43 bits per heavy atom. The third-order valence-corrected chi connectivity index (χ3v) is 4.70. The van der Waals surface area contributed by atoms with Crippen molar-refractivity contribution in [1.29, 1.82) is 0 Å². The molecule has 4 heteroatoms.